The topological polar surface area (TPSA) is 49.9 Å². The van der Waals surface area contributed by atoms with Crippen molar-refractivity contribution in [1.82, 2.24) is 0 Å². The molecule has 1 atom stereocenters. The highest BCUT2D eigenvalue weighted by Gasteiger charge is 2.40. The quantitative estimate of drug-likeness (QED) is 0.125. The number of carbonyl (C=O) groups excluding carboxylic acids is 2. The van der Waals surface area contributed by atoms with E-state index in [1.807, 2.05) is 38.1 Å². The van der Waals surface area contributed by atoms with Crippen LogP contribution in [-0.4, -0.2) is 12.3 Å². The normalized spacial score (nSPS) is 14.9. The number of carbonyl (C=O) groups is 2. The molecule has 0 bridgehead atoms. The van der Waals surface area contributed by atoms with Gasteiger partial charge in [0, 0.05) is 39.7 Å². The van der Waals surface area contributed by atoms with Gasteiger partial charge in [0.05, 0.1) is 11.5 Å². The van der Waals surface area contributed by atoms with Crippen molar-refractivity contribution in [3.8, 4) is 0 Å². The molecule has 1 unspecified atom stereocenters. The van der Waals surface area contributed by atoms with Gasteiger partial charge in [0.25, 0.3) is 6.47 Å². The number of benzene rings is 6. The summed E-state index contributed by atoms with van der Waals surface area (Å²) in [7, 11) is 0. The van der Waals surface area contributed by atoms with Crippen molar-refractivity contribution >= 4 is 57.5 Å². The number of Topliss-reactive ketones (excluding diaryl/α,β-unsaturated/α-hetero) is 1. The van der Waals surface area contributed by atoms with Crippen LogP contribution in [0.5, 0.6) is 0 Å². The van der Waals surface area contributed by atoms with E-state index in [2.05, 4.69) is 159 Å². The van der Waals surface area contributed by atoms with E-state index in [9.17, 15) is 9.59 Å². The Bertz CT molecular complexity index is 2280. The molecule has 0 heterocycles. The van der Waals surface area contributed by atoms with E-state index < -0.39 is 5.92 Å². The van der Waals surface area contributed by atoms with Gasteiger partial charge in [-0.3, -0.25) is 9.59 Å². The van der Waals surface area contributed by atoms with Gasteiger partial charge < -0.3 is 14.5 Å². The summed E-state index contributed by atoms with van der Waals surface area (Å²) in [6, 6.07) is 50.2. The molecule has 55 heavy (non-hydrogen) atoms. The SMILES string of the molecule is CCC1C(=O)C(c2ccc(N(c3ccc(C)cc3)c3ccc(C)cc3)cc2)=C(OC=O)/C1=C(\C)c1ccc(N(c2ccc(C)cc2)c2ccc(C)cc2)cc1. The highest BCUT2D eigenvalue weighted by atomic mass is 16.5. The van der Waals surface area contributed by atoms with Gasteiger partial charge in [-0.25, -0.2) is 0 Å². The van der Waals surface area contributed by atoms with E-state index >= 15 is 0 Å². The molecule has 0 fully saturated rings. The molecule has 274 valence electrons. The lowest BCUT2D eigenvalue weighted by atomic mass is 9.90. The second-order valence-electron chi connectivity index (χ2n) is 14.4. The molecule has 6 aromatic rings. The number of aryl methyl sites for hydroxylation is 4. The van der Waals surface area contributed by atoms with Gasteiger partial charge in [0.15, 0.2) is 5.78 Å². The summed E-state index contributed by atoms with van der Waals surface area (Å²) in [5, 5.41) is 0. The number of hydrogen-bond donors (Lipinski definition) is 0. The average Bonchev–Trinajstić information content (AvgIpc) is 3.48. The largest absolute Gasteiger partial charge is 0.428 e. The molecule has 0 aliphatic heterocycles. The van der Waals surface area contributed by atoms with Crippen molar-refractivity contribution in [2.45, 2.75) is 48.0 Å². The molecule has 0 N–H and O–H groups in total. The van der Waals surface area contributed by atoms with Crippen molar-refractivity contribution in [2.75, 3.05) is 9.80 Å². The summed E-state index contributed by atoms with van der Waals surface area (Å²) in [6.07, 6.45) is 0.570. The van der Waals surface area contributed by atoms with E-state index in [1.165, 1.54) is 22.3 Å². The number of nitrogens with zero attached hydrogens (tertiary/aromatic N) is 2. The molecule has 6 aromatic carbocycles. The van der Waals surface area contributed by atoms with Crippen LogP contribution in [0, 0.1) is 33.6 Å². The lowest BCUT2D eigenvalue weighted by Crippen LogP contribution is -2.12. The first-order valence-electron chi connectivity index (χ1n) is 18.8. The molecule has 1 aliphatic rings. The van der Waals surface area contributed by atoms with Crippen molar-refractivity contribution in [3.05, 3.63) is 190 Å². The number of anilines is 6. The molecular formula is C50H46N2O3. The molecule has 0 aromatic heterocycles. The maximum Gasteiger partial charge on any atom is 0.298 e. The third kappa shape index (κ3) is 7.52. The second kappa shape index (κ2) is 15.9. The third-order valence-corrected chi connectivity index (χ3v) is 10.5. The molecule has 0 radical (unpaired) electrons. The lowest BCUT2D eigenvalue weighted by Gasteiger charge is -2.26. The Kier molecular flexibility index (Phi) is 10.6. The van der Waals surface area contributed by atoms with E-state index in [0.717, 1.165) is 50.8 Å². The maximum absolute atomic E-state index is 14.3. The van der Waals surface area contributed by atoms with Crippen LogP contribution < -0.4 is 9.80 Å². The summed E-state index contributed by atoms with van der Waals surface area (Å²) < 4.78 is 5.76. The number of hydrogen-bond acceptors (Lipinski definition) is 5. The average molecular weight is 723 g/mol. The van der Waals surface area contributed by atoms with E-state index in [0.29, 0.717) is 29.8 Å². The highest BCUT2D eigenvalue weighted by Crippen LogP contribution is 2.46. The summed E-state index contributed by atoms with van der Waals surface area (Å²) >= 11 is 0. The maximum atomic E-state index is 14.3. The Morgan fingerprint density at radius 3 is 1.20 bits per heavy atom. The molecule has 0 saturated carbocycles. The van der Waals surface area contributed by atoms with E-state index in [1.54, 1.807) is 0 Å². The van der Waals surface area contributed by atoms with Crippen LogP contribution in [0.2, 0.25) is 0 Å². The zero-order chi connectivity index (χ0) is 38.6. The predicted octanol–water partition coefficient (Wildman–Crippen LogP) is 12.8. The van der Waals surface area contributed by atoms with Gasteiger partial charge >= 0.3 is 0 Å². The Balaban J connectivity index is 1.27. The summed E-state index contributed by atoms with van der Waals surface area (Å²) in [4.78, 5) is 30.8. The summed E-state index contributed by atoms with van der Waals surface area (Å²) in [6.45, 7) is 12.8. The van der Waals surface area contributed by atoms with Crippen molar-refractivity contribution in [1.29, 1.82) is 0 Å². The van der Waals surface area contributed by atoms with Gasteiger partial charge in [-0.1, -0.05) is 102 Å². The van der Waals surface area contributed by atoms with Crippen molar-refractivity contribution < 1.29 is 14.3 Å². The van der Waals surface area contributed by atoms with Crippen LogP contribution in [-0.2, 0) is 14.3 Å². The molecule has 0 amide bonds. The first-order chi connectivity index (χ1) is 26.7. The first kappa shape index (κ1) is 36.9. The van der Waals surface area contributed by atoms with Gasteiger partial charge in [-0.2, -0.15) is 0 Å². The fourth-order valence-electron chi connectivity index (χ4n) is 7.44. The minimum atomic E-state index is -0.447. The van der Waals surface area contributed by atoms with Gasteiger partial charge in [-0.15, -0.1) is 0 Å². The fraction of sp³-hybridized carbons (Fsp3) is 0.160. The smallest absolute Gasteiger partial charge is 0.298 e. The zero-order valence-electron chi connectivity index (χ0n) is 32.3. The fourth-order valence-corrected chi connectivity index (χ4v) is 7.44. The van der Waals surface area contributed by atoms with Crippen molar-refractivity contribution in [2.24, 2.45) is 5.92 Å². The predicted molar refractivity (Wildman–Crippen MR) is 227 cm³/mol. The zero-order valence-corrected chi connectivity index (χ0v) is 32.3. The Hall–Kier alpha value is -6.46. The Morgan fingerprint density at radius 2 is 0.873 bits per heavy atom. The van der Waals surface area contributed by atoms with Crippen LogP contribution >= 0.6 is 0 Å². The van der Waals surface area contributed by atoms with Crippen LogP contribution in [0.3, 0.4) is 0 Å². The minimum absolute atomic E-state index is 0.0445. The summed E-state index contributed by atoms with van der Waals surface area (Å²) in [5.74, 6) is -0.162. The van der Waals surface area contributed by atoms with Crippen LogP contribution in [0.1, 0.15) is 53.6 Å². The first-order valence-corrected chi connectivity index (χ1v) is 18.8. The van der Waals surface area contributed by atoms with Crippen LogP contribution in [0.25, 0.3) is 11.1 Å². The van der Waals surface area contributed by atoms with Crippen LogP contribution in [0.4, 0.5) is 34.1 Å². The van der Waals surface area contributed by atoms with Gasteiger partial charge in [0.1, 0.15) is 5.76 Å². The second-order valence-corrected chi connectivity index (χ2v) is 14.4. The molecular weight excluding hydrogens is 677 g/mol. The van der Waals surface area contributed by atoms with Gasteiger partial charge in [-0.05, 0) is 131 Å². The number of rotatable bonds is 11. The molecule has 0 saturated heterocycles. The third-order valence-electron chi connectivity index (χ3n) is 10.5. The van der Waals surface area contributed by atoms with E-state index in [-0.39, 0.29) is 5.78 Å². The highest BCUT2D eigenvalue weighted by molar-refractivity contribution is 6.28. The minimum Gasteiger partial charge on any atom is -0.428 e. The van der Waals surface area contributed by atoms with Crippen LogP contribution in [0.15, 0.2) is 157 Å². The molecule has 5 nitrogen and oxygen atoms in total. The molecule has 7 rings (SSSR count). The number of allylic oxidation sites excluding steroid dienone is 3. The lowest BCUT2D eigenvalue weighted by molar-refractivity contribution is -0.124. The van der Waals surface area contributed by atoms with Gasteiger partial charge in [0.2, 0.25) is 0 Å². The van der Waals surface area contributed by atoms with E-state index in [4.69, 9.17) is 4.74 Å². The molecule has 1 aliphatic carbocycles. The van der Waals surface area contributed by atoms with Crippen molar-refractivity contribution in [3.63, 3.8) is 0 Å². The molecule has 0 spiro atoms. The molecule has 5 heteroatoms. The monoisotopic (exact) mass is 722 g/mol. The Labute approximate surface area is 324 Å². The summed E-state index contributed by atoms with van der Waals surface area (Å²) in [5.41, 5.74) is 14.6. The number of ether oxygens (including phenoxy) is 1. The Morgan fingerprint density at radius 1 is 0.545 bits per heavy atom. The standard InChI is InChI=1S/C50H46N2O3/c1-7-46-47(37(6)38-16-28-44(29-17-38)51(40-20-8-33(2)9-21-40)41-22-10-34(3)11-23-41)50(55-32-53)48(49(46)54)39-18-30-45(31-19-39)52(42-24-12-35(4)13-25-42)43-26-14-36(5)15-27-43/h8-32,46H,7H2,1-6H3/b47-37+. The number of ketones is 1.